The summed E-state index contributed by atoms with van der Waals surface area (Å²) in [6, 6.07) is 10.4. The molecule has 1 N–H and O–H groups in total. The average Bonchev–Trinajstić information content (AvgIpc) is 2.45. The zero-order valence-corrected chi connectivity index (χ0v) is 11.6. The highest BCUT2D eigenvalue weighted by Crippen LogP contribution is 2.33. The van der Waals surface area contributed by atoms with Crippen LogP contribution in [0.3, 0.4) is 0 Å². The lowest BCUT2D eigenvalue weighted by Gasteiger charge is -2.13. The number of hydrogen-bond donors (Lipinski definition) is 1. The van der Waals surface area contributed by atoms with E-state index in [0.717, 1.165) is 17.7 Å². The normalized spacial score (nSPS) is 13.2. The summed E-state index contributed by atoms with van der Waals surface area (Å²) in [5.74, 6) is -1.26. The molecule has 1 unspecified atom stereocenters. The van der Waals surface area contributed by atoms with Crippen LogP contribution in [0.4, 0.5) is 17.6 Å². The fourth-order valence-electron chi connectivity index (χ4n) is 2.08. The Balaban J connectivity index is 2.41. The second kappa shape index (κ2) is 5.85. The van der Waals surface area contributed by atoms with Crippen LogP contribution in [0.25, 0.3) is 11.1 Å². The monoisotopic (exact) mass is 297 g/mol. The molecule has 0 bridgehead atoms. The molecule has 0 aliphatic rings. The van der Waals surface area contributed by atoms with Gasteiger partial charge in [-0.25, -0.2) is 4.39 Å². The van der Waals surface area contributed by atoms with Crippen molar-refractivity contribution in [2.45, 2.75) is 19.1 Å². The number of rotatable bonds is 3. The van der Waals surface area contributed by atoms with Crippen molar-refractivity contribution >= 4 is 0 Å². The van der Waals surface area contributed by atoms with Crippen molar-refractivity contribution in [2.75, 3.05) is 7.05 Å². The van der Waals surface area contributed by atoms with Gasteiger partial charge in [-0.05, 0) is 48.9 Å². The van der Waals surface area contributed by atoms with Crippen LogP contribution in [0, 0.1) is 5.82 Å². The Kier molecular flexibility index (Phi) is 4.32. The van der Waals surface area contributed by atoms with Crippen LogP contribution in [0.15, 0.2) is 42.5 Å². The number of hydrogen-bond acceptors (Lipinski definition) is 1. The van der Waals surface area contributed by atoms with Gasteiger partial charge in [-0.3, -0.25) is 0 Å². The molecule has 0 aromatic heterocycles. The predicted octanol–water partition coefficient (Wildman–Crippen LogP) is 4.79. The van der Waals surface area contributed by atoms with E-state index in [4.69, 9.17) is 0 Å². The maximum Gasteiger partial charge on any atom is 0.419 e. The summed E-state index contributed by atoms with van der Waals surface area (Å²) >= 11 is 0. The Bertz CT molecular complexity index is 634. The summed E-state index contributed by atoms with van der Waals surface area (Å²) in [5, 5.41) is 3.08. The highest BCUT2D eigenvalue weighted by Gasteiger charge is 2.33. The molecule has 2 rings (SSSR count). The van der Waals surface area contributed by atoms with E-state index in [0.29, 0.717) is 11.1 Å². The summed E-state index contributed by atoms with van der Waals surface area (Å²) in [5.41, 5.74) is 0.842. The van der Waals surface area contributed by atoms with E-state index < -0.39 is 17.6 Å². The highest BCUT2D eigenvalue weighted by atomic mass is 19.4. The minimum atomic E-state index is -4.68. The van der Waals surface area contributed by atoms with Gasteiger partial charge < -0.3 is 5.32 Å². The molecule has 5 heteroatoms. The molecule has 21 heavy (non-hydrogen) atoms. The Labute approximate surface area is 120 Å². The molecule has 0 aliphatic carbocycles. The third-order valence-corrected chi connectivity index (χ3v) is 3.43. The van der Waals surface area contributed by atoms with Gasteiger partial charge in [0.05, 0.1) is 5.56 Å². The third-order valence-electron chi connectivity index (χ3n) is 3.43. The molecule has 0 spiro atoms. The van der Waals surface area contributed by atoms with Gasteiger partial charge >= 0.3 is 6.18 Å². The summed E-state index contributed by atoms with van der Waals surface area (Å²) in [6.07, 6.45) is -4.68. The van der Waals surface area contributed by atoms with Crippen LogP contribution < -0.4 is 5.32 Å². The zero-order valence-electron chi connectivity index (χ0n) is 11.6. The smallest absolute Gasteiger partial charge is 0.313 e. The third kappa shape index (κ3) is 3.42. The van der Waals surface area contributed by atoms with Gasteiger partial charge in [0.2, 0.25) is 0 Å². The standard InChI is InChI=1S/C16H15F4N/c1-10(21-2)11-4-3-5-12(8-11)13-6-7-14(15(17)9-13)16(18,19)20/h3-10,21H,1-2H3. The summed E-state index contributed by atoms with van der Waals surface area (Å²) in [4.78, 5) is 0. The first-order valence-corrected chi connectivity index (χ1v) is 6.47. The van der Waals surface area contributed by atoms with Crippen molar-refractivity contribution in [2.24, 2.45) is 0 Å². The molecular weight excluding hydrogens is 282 g/mol. The van der Waals surface area contributed by atoms with Gasteiger partial charge in [-0.15, -0.1) is 0 Å². The van der Waals surface area contributed by atoms with Gasteiger partial charge in [-0.2, -0.15) is 13.2 Å². The molecule has 2 aromatic rings. The summed E-state index contributed by atoms with van der Waals surface area (Å²) in [6.45, 7) is 1.96. The van der Waals surface area contributed by atoms with Crippen molar-refractivity contribution in [3.05, 3.63) is 59.4 Å². The molecule has 0 saturated heterocycles. The number of nitrogens with one attached hydrogen (secondary N) is 1. The lowest BCUT2D eigenvalue weighted by atomic mass is 9.99. The van der Waals surface area contributed by atoms with E-state index in [1.807, 2.05) is 26.1 Å². The molecule has 1 nitrogen and oxygen atoms in total. The molecule has 1 atom stereocenters. The topological polar surface area (TPSA) is 12.0 Å². The molecule has 0 heterocycles. The second-order valence-electron chi connectivity index (χ2n) is 4.83. The maximum atomic E-state index is 13.6. The largest absolute Gasteiger partial charge is 0.419 e. The fourth-order valence-corrected chi connectivity index (χ4v) is 2.08. The minimum Gasteiger partial charge on any atom is -0.313 e. The molecule has 0 aliphatic heterocycles. The van der Waals surface area contributed by atoms with Crippen molar-refractivity contribution in [3.63, 3.8) is 0 Å². The van der Waals surface area contributed by atoms with Crippen LogP contribution in [-0.4, -0.2) is 7.05 Å². The van der Waals surface area contributed by atoms with Crippen molar-refractivity contribution in [1.29, 1.82) is 0 Å². The predicted molar refractivity (Wildman–Crippen MR) is 74.3 cm³/mol. The van der Waals surface area contributed by atoms with Crippen LogP contribution in [-0.2, 0) is 6.18 Å². The van der Waals surface area contributed by atoms with E-state index in [1.165, 1.54) is 6.07 Å². The Morgan fingerprint density at radius 3 is 2.24 bits per heavy atom. The van der Waals surface area contributed by atoms with Gasteiger partial charge in [0, 0.05) is 6.04 Å². The number of halogens is 4. The van der Waals surface area contributed by atoms with Gasteiger partial charge in [0.1, 0.15) is 5.82 Å². The first-order chi connectivity index (χ1) is 9.82. The van der Waals surface area contributed by atoms with Crippen LogP contribution in [0.2, 0.25) is 0 Å². The van der Waals surface area contributed by atoms with Gasteiger partial charge in [0.25, 0.3) is 0 Å². The SMILES string of the molecule is CNC(C)c1cccc(-c2ccc(C(F)(F)F)c(F)c2)c1. The van der Waals surface area contributed by atoms with E-state index in [-0.39, 0.29) is 6.04 Å². The van der Waals surface area contributed by atoms with Crippen LogP contribution in [0.1, 0.15) is 24.1 Å². The molecule has 0 saturated carbocycles. The molecule has 112 valence electrons. The first kappa shape index (κ1) is 15.5. The molecule has 2 aromatic carbocycles. The van der Waals surface area contributed by atoms with Crippen LogP contribution in [0.5, 0.6) is 0 Å². The number of benzene rings is 2. The second-order valence-corrected chi connectivity index (χ2v) is 4.83. The van der Waals surface area contributed by atoms with E-state index in [1.54, 1.807) is 12.1 Å². The minimum absolute atomic E-state index is 0.101. The lowest BCUT2D eigenvalue weighted by Crippen LogP contribution is -2.12. The van der Waals surface area contributed by atoms with Crippen molar-refractivity contribution in [1.82, 2.24) is 5.32 Å². The first-order valence-electron chi connectivity index (χ1n) is 6.47. The van der Waals surface area contributed by atoms with E-state index in [9.17, 15) is 17.6 Å². The van der Waals surface area contributed by atoms with Crippen molar-refractivity contribution < 1.29 is 17.6 Å². The van der Waals surface area contributed by atoms with Crippen molar-refractivity contribution in [3.8, 4) is 11.1 Å². The Morgan fingerprint density at radius 2 is 1.67 bits per heavy atom. The zero-order chi connectivity index (χ0) is 15.6. The molecule has 0 radical (unpaired) electrons. The van der Waals surface area contributed by atoms with E-state index in [2.05, 4.69) is 5.32 Å². The molecular formula is C16H15F4N. The van der Waals surface area contributed by atoms with Gasteiger partial charge in [-0.1, -0.05) is 24.3 Å². The maximum absolute atomic E-state index is 13.6. The number of alkyl halides is 3. The quantitative estimate of drug-likeness (QED) is 0.803. The molecule has 0 fully saturated rings. The molecule has 0 amide bonds. The van der Waals surface area contributed by atoms with E-state index >= 15 is 0 Å². The average molecular weight is 297 g/mol. The van der Waals surface area contributed by atoms with Crippen LogP contribution >= 0.6 is 0 Å². The Hall–Kier alpha value is -1.88. The summed E-state index contributed by atoms with van der Waals surface area (Å²) < 4.78 is 51.3. The summed E-state index contributed by atoms with van der Waals surface area (Å²) in [7, 11) is 1.81. The lowest BCUT2D eigenvalue weighted by molar-refractivity contribution is -0.139. The Morgan fingerprint density at radius 1 is 1.00 bits per heavy atom. The fraction of sp³-hybridized carbons (Fsp3) is 0.250. The van der Waals surface area contributed by atoms with Gasteiger partial charge in [0.15, 0.2) is 0 Å². The highest BCUT2D eigenvalue weighted by molar-refractivity contribution is 5.65.